The molecule has 6 heteroatoms. The van der Waals surface area contributed by atoms with Crippen LogP contribution in [-0.4, -0.2) is 37.8 Å². The fourth-order valence-electron chi connectivity index (χ4n) is 4.10. The number of ether oxygens (including phenoxy) is 2. The third-order valence-electron chi connectivity index (χ3n) is 5.32. The Morgan fingerprint density at radius 3 is 2.54 bits per heavy atom. The molecule has 0 saturated heterocycles. The van der Waals surface area contributed by atoms with Crippen molar-refractivity contribution in [2.24, 2.45) is 16.3 Å². The highest BCUT2D eigenvalue weighted by molar-refractivity contribution is 9.10. The van der Waals surface area contributed by atoms with Crippen molar-refractivity contribution in [3.8, 4) is 0 Å². The summed E-state index contributed by atoms with van der Waals surface area (Å²) in [4.78, 5) is 30.8. The number of carbonyl (C=O) groups is 2. The zero-order valence-corrected chi connectivity index (χ0v) is 18.3. The Morgan fingerprint density at radius 1 is 1.21 bits per heavy atom. The Hall–Kier alpha value is -1.79. The molecule has 2 atom stereocenters. The number of rotatable bonds is 5. The fraction of sp³-hybridized carbons (Fsp3) is 0.500. The number of benzene rings is 1. The topological polar surface area (TPSA) is 65.0 Å². The summed E-state index contributed by atoms with van der Waals surface area (Å²) in [5.74, 6) is -1.28. The molecule has 0 aromatic heterocycles. The number of hydrogen-bond donors (Lipinski definition) is 0. The number of Topliss-reactive ketones (excluding diaryl/α,β-unsaturated/α-hetero) is 1. The first-order valence-corrected chi connectivity index (χ1v) is 10.3. The van der Waals surface area contributed by atoms with Crippen LogP contribution in [0.3, 0.4) is 0 Å². The van der Waals surface area contributed by atoms with Crippen LogP contribution in [0.5, 0.6) is 0 Å². The van der Waals surface area contributed by atoms with Gasteiger partial charge in [-0.15, -0.1) is 0 Å². The number of hydrogen-bond acceptors (Lipinski definition) is 5. The van der Waals surface area contributed by atoms with Crippen LogP contribution in [0.2, 0.25) is 0 Å². The molecule has 1 heterocycles. The van der Waals surface area contributed by atoms with Crippen molar-refractivity contribution >= 4 is 33.4 Å². The maximum absolute atomic E-state index is 13.1. The Labute approximate surface area is 174 Å². The molecule has 3 rings (SSSR count). The number of allylic oxidation sites excluding steroid dienone is 2. The number of halogens is 1. The molecule has 150 valence electrons. The lowest BCUT2D eigenvalue weighted by molar-refractivity contribution is -0.147. The summed E-state index contributed by atoms with van der Waals surface area (Å²) in [5.41, 5.74) is 2.97. The highest BCUT2D eigenvalue weighted by atomic mass is 79.9. The molecule has 0 fully saturated rings. The lowest BCUT2D eigenvalue weighted by atomic mass is 9.67. The Bertz CT molecular complexity index is 839. The molecular formula is C22H26BrNO4. The van der Waals surface area contributed by atoms with Crippen molar-refractivity contribution in [3.63, 3.8) is 0 Å². The molecule has 5 nitrogen and oxygen atoms in total. The van der Waals surface area contributed by atoms with E-state index < -0.39 is 5.92 Å². The van der Waals surface area contributed by atoms with Crippen LogP contribution in [0.25, 0.3) is 0 Å². The Kier molecular flexibility index (Phi) is 6.20. The molecule has 1 aromatic rings. The van der Waals surface area contributed by atoms with Gasteiger partial charge in [-0.1, -0.05) is 41.9 Å². The van der Waals surface area contributed by atoms with Crippen LogP contribution in [0, 0.1) is 11.3 Å². The number of nitrogens with zero attached hydrogens (tertiary/aromatic N) is 1. The normalized spacial score (nSPS) is 23.9. The van der Waals surface area contributed by atoms with Crippen LogP contribution in [0.15, 0.2) is 45.0 Å². The van der Waals surface area contributed by atoms with Gasteiger partial charge in [0.05, 0.1) is 6.61 Å². The standard InChI is InChI=1S/C22H26BrNO4/c1-13-18(21(26)28-10-9-27-4)19(14-5-7-15(23)8-6-14)20-16(24-13)11-22(2,3)12-17(20)25/h5-8,18-19H,9-12H2,1-4H3/t18?,19-/m0/s1. The van der Waals surface area contributed by atoms with Crippen LogP contribution >= 0.6 is 15.9 Å². The van der Waals surface area contributed by atoms with Crippen LogP contribution in [-0.2, 0) is 19.1 Å². The third-order valence-corrected chi connectivity index (χ3v) is 5.85. The van der Waals surface area contributed by atoms with Crippen molar-refractivity contribution in [1.82, 2.24) is 0 Å². The van der Waals surface area contributed by atoms with Gasteiger partial charge < -0.3 is 9.47 Å². The van der Waals surface area contributed by atoms with Gasteiger partial charge >= 0.3 is 5.97 Å². The smallest absolute Gasteiger partial charge is 0.315 e. The molecule has 0 bridgehead atoms. The van der Waals surface area contributed by atoms with E-state index in [2.05, 4.69) is 29.8 Å². The summed E-state index contributed by atoms with van der Waals surface area (Å²) in [5, 5.41) is 0. The van der Waals surface area contributed by atoms with Gasteiger partial charge in [0.1, 0.15) is 12.5 Å². The average Bonchev–Trinajstić information content (AvgIpc) is 2.60. The summed E-state index contributed by atoms with van der Waals surface area (Å²) in [7, 11) is 1.56. The maximum Gasteiger partial charge on any atom is 0.315 e. The minimum absolute atomic E-state index is 0.0742. The van der Waals surface area contributed by atoms with Crippen molar-refractivity contribution in [2.45, 2.75) is 39.5 Å². The van der Waals surface area contributed by atoms with Crippen molar-refractivity contribution in [1.29, 1.82) is 0 Å². The summed E-state index contributed by atoms with van der Waals surface area (Å²) in [6.07, 6.45) is 1.18. The molecule has 1 aliphatic carbocycles. The van der Waals surface area contributed by atoms with E-state index in [1.54, 1.807) is 7.11 Å². The zero-order chi connectivity index (χ0) is 20.5. The maximum atomic E-state index is 13.1. The Morgan fingerprint density at radius 2 is 1.89 bits per heavy atom. The predicted octanol–water partition coefficient (Wildman–Crippen LogP) is 4.46. The van der Waals surface area contributed by atoms with Gasteiger partial charge in [-0.25, -0.2) is 0 Å². The lowest BCUT2D eigenvalue weighted by Gasteiger charge is -2.39. The zero-order valence-electron chi connectivity index (χ0n) is 16.8. The van der Waals surface area contributed by atoms with Gasteiger partial charge in [0.2, 0.25) is 0 Å². The highest BCUT2D eigenvalue weighted by Gasteiger charge is 2.45. The van der Waals surface area contributed by atoms with Gasteiger partial charge in [-0.3, -0.25) is 14.6 Å². The summed E-state index contributed by atoms with van der Waals surface area (Å²) >= 11 is 3.45. The average molecular weight is 448 g/mol. The molecule has 28 heavy (non-hydrogen) atoms. The van der Waals surface area contributed by atoms with Gasteiger partial charge in [0.25, 0.3) is 0 Å². The summed E-state index contributed by atoms with van der Waals surface area (Å²) < 4.78 is 11.4. The van der Waals surface area contributed by atoms with Gasteiger partial charge in [0, 0.05) is 40.9 Å². The Balaban J connectivity index is 2.06. The number of methoxy groups -OCH3 is 1. The molecule has 1 unspecified atom stereocenters. The van der Waals surface area contributed by atoms with Crippen LogP contribution in [0.4, 0.5) is 0 Å². The molecule has 0 spiro atoms. The van der Waals surface area contributed by atoms with E-state index in [1.165, 1.54) is 0 Å². The molecule has 1 aliphatic heterocycles. The number of carbonyl (C=O) groups excluding carboxylic acids is 2. The van der Waals surface area contributed by atoms with E-state index in [4.69, 9.17) is 14.5 Å². The molecule has 0 amide bonds. The van der Waals surface area contributed by atoms with Gasteiger partial charge in [-0.2, -0.15) is 0 Å². The van der Waals surface area contributed by atoms with E-state index in [0.29, 0.717) is 24.3 Å². The molecule has 0 saturated carbocycles. The second-order valence-corrected chi connectivity index (χ2v) is 9.14. The van der Waals surface area contributed by atoms with Gasteiger partial charge in [0.15, 0.2) is 5.78 Å². The van der Waals surface area contributed by atoms with E-state index in [0.717, 1.165) is 22.2 Å². The van der Waals surface area contributed by atoms with E-state index in [9.17, 15) is 9.59 Å². The summed E-state index contributed by atoms with van der Waals surface area (Å²) in [6, 6.07) is 7.78. The second kappa shape index (κ2) is 8.29. The quantitative estimate of drug-likeness (QED) is 0.493. The molecule has 0 N–H and O–H groups in total. The first kappa shape index (κ1) is 20.9. The largest absolute Gasteiger partial charge is 0.463 e. The first-order chi connectivity index (χ1) is 13.2. The minimum atomic E-state index is -0.609. The van der Waals surface area contributed by atoms with Crippen LogP contribution < -0.4 is 0 Å². The monoisotopic (exact) mass is 447 g/mol. The summed E-state index contributed by atoms with van der Waals surface area (Å²) in [6.45, 7) is 6.53. The van der Waals surface area contributed by atoms with E-state index in [-0.39, 0.29) is 29.7 Å². The lowest BCUT2D eigenvalue weighted by Crippen LogP contribution is -2.39. The fourth-order valence-corrected chi connectivity index (χ4v) is 4.36. The number of aliphatic imine (C=N–C) groups is 1. The first-order valence-electron chi connectivity index (χ1n) is 9.46. The van der Waals surface area contributed by atoms with E-state index in [1.807, 2.05) is 31.2 Å². The molecule has 2 aliphatic rings. The number of esters is 1. The third kappa shape index (κ3) is 4.28. The number of ketones is 1. The van der Waals surface area contributed by atoms with Crippen molar-refractivity contribution in [3.05, 3.63) is 45.6 Å². The van der Waals surface area contributed by atoms with Crippen molar-refractivity contribution < 1.29 is 19.1 Å². The molecule has 0 radical (unpaired) electrons. The van der Waals surface area contributed by atoms with Gasteiger partial charge in [-0.05, 0) is 36.5 Å². The predicted molar refractivity (Wildman–Crippen MR) is 111 cm³/mol. The minimum Gasteiger partial charge on any atom is -0.463 e. The van der Waals surface area contributed by atoms with Crippen molar-refractivity contribution in [2.75, 3.05) is 20.3 Å². The molecule has 1 aromatic carbocycles. The SMILES string of the molecule is COCCOC(=O)C1C(C)=NC2=C(C(=O)CC(C)(C)C2)[C@H]1c1ccc(Br)cc1. The van der Waals surface area contributed by atoms with Crippen LogP contribution in [0.1, 0.15) is 45.1 Å². The highest BCUT2D eigenvalue weighted by Crippen LogP contribution is 2.48. The second-order valence-electron chi connectivity index (χ2n) is 8.22. The molecular weight excluding hydrogens is 422 g/mol. The van der Waals surface area contributed by atoms with E-state index >= 15 is 0 Å².